The second-order valence-electron chi connectivity index (χ2n) is 5.42. The van der Waals surface area contributed by atoms with E-state index in [4.69, 9.17) is 0 Å². The van der Waals surface area contributed by atoms with Crippen molar-refractivity contribution in [2.75, 3.05) is 20.1 Å². The fraction of sp³-hybridized carbons (Fsp3) is 1.00. The van der Waals surface area contributed by atoms with Crippen LogP contribution in [0.5, 0.6) is 0 Å². The molecule has 0 heterocycles. The largest absolute Gasteiger partial charge is 0.314 e. The summed E-state index contributed by atoms with van der Waals surface area (Å²) in [6.45, 7) is 5.56. The van der Waals surface area contributed by atoms with Gasteiger partial charge in [-0.05, 0) is 38.6 Å². The molecular formula is C13H29N3O2S. The lowest BCUT2D eigenvalue weighted by Crippen LogP contribution is -2.44. The van der Waals surface area contributed by atoms with Crippen molar-refractivity contribution in [3.8, 4) is 0 Å². The fourth-order valence-corrected chi connectivity index (χ4v) is 3.27. The first-order chi connectivity index (χ1) is 8.99. The van der Waals surface area contributed by atoms with Crippen molar-refractivity contribution < 1.29 is 8.42 Å². The zero-order valence-electron chi connectivity index (χ0n) is 12.5. The summed E-state index contributed by atoms with van der Waals surface area (Å²) in [6.07, 6.45) is 6.13. The van der Waals surface area contributed by atoms with Gasteiger partial charge in [-0.25, -0.2) is 0 Å². The molecule has 0 aromatic rings. The molecule has 114 valence electrons. The van der Waals surface area contributed by atoms with Crippen molar-refractivity contribution in [2.24, 2.45) is 0 Å². The summed E-state index contributed by atoms with van der Waals surface area (Å²) in [5.74, 6) is 0. The van der Waals surface area contributed by atoms with Crippen LogP contribution in [0.2, 0.25) is 0 Å². The second-order valence-corrected chi connectivity index (χ2v) is 7.23. The van der Waals surface area contributed by atoms with Crippen LogP contribution < -0.4 is 10.0 Å². The first-order valence-electron chi connectivity index (χ1n) is 7.46. The van der Waals surface area contributed by atoms with Gasteiger partial charge in [0.2, 0.25) is 0 Å². The first-order valence-corrected chi connectivity index (χ1v) is 8.90. The predicted octanol–water partition coefficient (Wildman–Crippen LogP) is 1.47. The van der Waals surface area contributed by atoms with Gasteiger partial charge in [0.05, 0.1) is 0 Å². The molecule has 0 aliphatic heterocycles. The molecule has 1 saturated carbocycles. The van der Waals surface area contributed by atoms with Gasteiger partial charge in [-0.1, -0.05) is 20.3 Å². The van der Waals surface area contributed by atoms with Gasteiger partial charge in [0.1, 0.15) is 0 Å². The van der Waals surface area contributed by atoms with Crippen LogP contribution in [0.15, 0.2) is 0 Å². The predicted molar refractivity (Wildman–Crippen MR) is 79.3 cm³/mol. The normalized spacial score (nSPS) is 17.9. The van der Waals surface area contributed by atoms with Gasteiger partial charge in [0.15, 0.2) is 0 Å². The molecule has 5 nitrogen and oxygen atoms in total. The fourth-order valence-electron chi connectivity index (χ4n) is 2.01. The Hall–Kier alpha value is -0.170. The molecule has 0 saturated heterocycles. The Morgan fingerprint density at radius 3 is 2.53 bits per heavy atom. The molecular weight excluding hydrogens is 262 g/mol. The van der Waals surface area contributed by atoms with Crippen LogP contribution in [-0.2, 0) is 10.2 Å². The van der Waals surface area contributed by atoms with Crippen molar-refractivity contribution in [3.63, 3.8) is 0 Å². The average molecular weight is 291 g/mol. The van der Waals surface area contributed by atoms with E-state index in [1.807, 2.05) is 6.92 Å². The van der Waals surface area contributed by atoms with E-state index in [9.17, 15) is 8.42 Å². The third kappa shape index (κ3) is 6.70. The van der Waals surface area contributed by atoms with Crippen LogP contribution in [0.4, 0.5) is 0 Å². The van der Waals surface area contributed by atoms with E-state index in [1.54, 1.807) is 7.05 Å². The molecule has 0 aromatic carbocycles. The Morgan fingerprint density at radius 1 is 1.32 bits per heavy atom. The van der Waals surface area contributed by atoms with E-state index in [2.05, 4.69) is 17.0 Å². The van der Waals surface area contributed by atoms with E-state index in [-0.39, 0.29) is 6.04 Å². The monoisotopic (exact) mass is 291 g/mol. The van der Waals surface area contributed by atoms with Crippen LogP contribution in [-0.4, -0.2) is 44.9 Å². The summed E-state index contributed by atoms with van der Waals surface area (Å²) in [5, 5.41) is 3.39. The first kappa shape index (κ1) is 16.9. The van der Waals surface area contributed by atoms with E-state index in [0.717, 1.165) is 32.2 Å². The summed E-state index contributed by atoms with van der Waals surface area (Å²) in [4.78, 5) is 0. The van der Waals surface area contributed by atoms with E-state index >= 15 is 0 Å². The van der Waals surface area contributed by atoms with Crippen LogP contribution >= 0.6 is 0 Å². The summed E-state index contributed by atoms with van der Waals surface area (Å²) in [7, 11) is -1.67. The molecule has 1 aliphatic rings. The van der Waals surface area contributed by atoms with Gasteiger partial charge >= 0.3 is 0 Å². The lowest BCUT2D eigenvalue weighted by Gasteiger charge is -2.22. The molecule has 19 heavy (non-hydrogen) atoms. The van der Waals surface area contributed by atoms with Gasteiger partial charge in [0.25, 0.3) is 10.2 Å². The Kier molecular flexibility index (Phi) is 7.28. The highest BCUT2D eigenvalue weighted by atomic mass is 32.2. The Balaban J connectivity index is 2.27. The maximum atomic E-state index is 12.1. The number of hydrogen-bond acceptors (Lipinski definition) is 3. The van der Waals surface area contributed by atoms with Gasteiger partial charge in [-0.15, -0.1) is 0 Å². The molecule has 2 N–H and O–H groups in total. The van der Waals surface area contributed by atoms with Crippen molar-refractivity contribution in [1.29, 1.82) is 0 Å². The lowest BCUT2D eigenvalue weighted by atomic mass is 10.1. The zero-order chi connectivity index (χ0) is 14.3. The molecule has 6 heteroatoms. The molecule has 1 atom stereocenters. The van der Waals surface area contributed by atoms with Crippen molar-refractivity contribution in [2.45, 2.75) is 64.5 Å². The van der Waals surface area contributed by atoms with Crippen molar-refractivity contribution in [3.05, 3.63) is 0 Å². The maximum Gasteiger partial charge on any atom is 0.279 e. The Labute approximate surface area is 118 Å². The standard InChI is InChI=1S/C13H29N3O2S/c1-4-7-12(5-2)15-19(17,18)16(3)11-6-10-14-13-8-9-13/h12-15H,4-11H2,1-3H3. The van der Waals surface area contributed by atoms with Crippen LogP contribution in [0, 0.1) is 0 Å². The average Bonchev–Trinajstić information content (AvgIpc) is 3.17. The molecule has 0 aromatic heterocycles. The third-order valence-electron chi connectivity index (χ3n) is 3.52. The quantitative estimate of drug-likeness (QED) is 0.567. The van der Waals surface area contributed by atoms with Crippen molar-refractivity contribution >= 4 is 10.2 Å². The summed E-state index contributed by atoms with van der Waals surface area (Å²) >= 11 is 0. The summed E-state index contributed by atoms with van der Waals surface area (Å²) in [5.41, 5.74) is 0. The molecule has 1 aliphatic carbocycles. The number of nitrogens with zero attached hydrogens (tertiary/aromatic N) is 1. The number of rotatable bonds is 11. The minimum absolute atomic E-state index is 0.0574. The maximum absolute atomic E-state index is 12.1. The van der Waals surface area contributed by atoms with Gasteiger partial charge < -0.3 is 5.32 Å². The Bertz CT molecular complexity index is 342. The summed E-state index contributed by atoms with van der Waals surface area (Å²) < 4.78 is 28.4. The zero-order valence-corrected chi connectivity index (χ0v) is 13.3. The Morgan fingerprint density at radius 2 is 2.00 bits per heavy atom. The van der Waals surface area contributed by atoms with E-state index in [1.165, 1.54) is 17.1 Å². The van der Waals surface area contributed by atoms with Crippen LogP contribution in [0.25, 0.3) is 0 Å². The van der Waals surface area contributed by atoms with Gasteiger partial charge in [-0.3, -0.25) is 0 Å². The van der Waals surface area contributed by atoms with E-state index < -0.39 is 10.2 Å². The molecule has 0 radical (unpaired) electrons. The molecule has 1 unspecified atom stereocenters. The highest BCUT2D eigenvalue weighted by Gasteiger charge is 2.22. The van der Waals surface area contributed by atoms with Crippen LogP contribution in [0.3, 0.4) is 0 Å². The van der Waals surface area contributed by atoms with Crippen molar-refractivity contribution in [1.82, 2.24) is 14.3 Å². The minimum Gasteiger partial charge on any atom is -0.314 e. The lowest BCUT2D eigenvalue weighted by molar-refractivity contribution is 0.426. The molecule has 0 spiro atoms. The highest BCUT2D eigenvalue weighted by molar-refractivity contribution is 7.87. The smallest absolute Gasteiger partial charge is 0.279 e. The highest BCUT2D eigenvalue weighted by Crippen LogP contribution is 2.18. The second kappa shape index (κ2) is 8.19. The van der Waals surface area contributed by atoms with Gasteiger partial charge in [-0.2, -0.15) is 17.4 Å². The third-order valence-corrected chi connectivity index (χ3v) is 5.15. The molecule has 1 fully saturated rings. The SMILES string of the molecule is CCCC(CC)NS(=O)(=O)N(C)CCCNC1CC1. The van der Waals surface area contributed by atoms with Crippen LogP contribution in [0.1, 0.15) is 52.4 Å². The van der Waals surface area contributed by atoms with Gasteiger partial charge in [0, 0.05) is 25.7 Å². The topological polar surface area (TPSA) is 61.4 Å². The molecule has 0 amide bonds. The summed E-state index contributed by atoms with van der Waals surface area (Å²) in [6, 6.07) is 0.746. The molecule has 0 bridgehead atoms. The number of hydrogen-bond donors (Lipinski definition) is 2. The van der Waals surface area contributed by atoms with E-state index in [0.29, 0.717) is 12.6 Å². The number of nitrogens with one attached hydrogen (secondary N) is 2. The minimum atomic E-state index is -3.32. The molecule has 1 rings (SSSR count).